The lowest BCUT2D eigenvalue weighted by Gasteiger charge is -2.03. The Morgan fingerprint density at radius 3 is 1.65 bits per heavy atom. The minimum Gasteiger partial charge on any atom is -0.481 e. The Morgan fingerprint density at radius 1 is 0.750 bits per heavy atom. The Kier molecular flexibility index (Phi) is 16.0. The summed E-state index contributed by atoms with van der Waals surface area (Å²) >= 11 is 0. The van der Waals surface area contributed by atoms with Crippen molar-refractivity contribution in [2.24, 2.45) is 0 Å². The molecule has 0 saturated carbocycles. The molecular formula is C17H34O3. The Balaban J connectivity index is 2.94. The van der Waals surface area contributed by atoms with Gasteiger partial charge in [0.1, 0.15) is 0 Å². The summed E-state index contributed by atoms with van der Waals surface area (Å²) in [5, 5.41) is 8.44. The third-order valence-electron chi connectivity index (χ3n) is 3.60. The van der Waals surface area contributed by atoms with E-state index >= 15 is 0 Å². The quantitative estimate of drug-likeness (QED) is 0.398. The summed E-state index contributed by atoms with van der Waals surface area (Å²) in [4.78, 5) is 10.3. The molecule has 0 heterocycles. The molecule has 0 saturated heterocycles. The fraction of sp³-hybridized carbons (Fsp3) is 0.941. The number of ether oxygens (including phenoxy) is 1. The van der Waals surface area contributed by atoms with E-state index in [4.69, 9.17) is 9.84 Å². The van der Waals surface area contributed by atoms with Crippen molar-refractivity contribution in [3.63, 3.8) is 0 Å². The fourth-order valence-electron chi connectivity index (χ4n) is 2.31. The van der Waals surface area contributed by atoms with Crippen molar-refractivity contribution in [1.29, 1.82) is 0 Å². The molecule has 0 spiro atoms. The first-order valence-electron chi connectivity index (χ1n) is 8.57. The molecule has 0 fully saturated rings. The van der Waals surface area contributed by atoms with E-state index in [-0.39, 0.29) is 6.42 Å². The number of hydrogen-bond donors (Lipinski definition) is 1. The molecule has 0 aromatic heterocycles. The molecule has 0 unspecified atom stereocenters. The molecule has 0 rings (SSSR count). The number of unbranched alkanes of at least 4 members (excludes halogenated alkanes) is 11. The summed E-state index contributed by atoms with van der Waals surface area (Å²) in [6.07, 6.45) is 16.2. The van der Waals surface area contributed by atoms with Crippen molar-refractivity contribution in [1.82, 2.24) is 0 Å². The van der Waals surface area contributed by atoms with Gasteiger partial charge in [-0.25, -0.2) is 0 Å². The summed E-state index contributed by atoms with van der Waals surface area (Å²) in [5.41, 5.74) is 0. The van der Waals surface area contributed by atoms with Gasteiger partial charge in [-0.2, -0.15) is 0 Å². The second-order valence-electron chi connectivity index (χ2n) is 5.65. The van der Waals surface area contributed by atoms with E-state index < -0.39 is 5.97 Å². The van der Waals surface area contributed by atoms with Crippen LogP contribution in [0, 0.1) is 0 Å². The van der Waals surface area contributed by atoms with Gasteiger partial charge in [0.05, 0.1) is 13.0 Å². The minimum atomic E-state index is -0.778. The molecular weight excluding hydrogens is 252 g/mol. The van der Waals surface area contributed by atoms with E-state index in [9.17, 15) is 4.79 Å². The molecule has 0 aliphatic heterocycles. The van der Waals surface area contributed by atoms with Crippen LogP contribution < -0.4 is 0 Å². The first-order chi connectivity index (χ1) is 9.77. The molecule has 0 atom stereocenters. The smallest absolute Gasteiger partial charge is 0.305 e. The van der Waals surface area contributed by atoms with Crippen LogP contribution >= 0.6 is 0 Å². The molecule has 0 amide bonds. The maximum Gasteiger partial charge on any atom is 0.305 e. The van der Waals surface area contributed by atoms with Gasteiger partial charge in [-0.05, 0) is 6.42 Å². The van der Waals surface area contributed by atoms with Crippen molar-refractivity contribution in [3.8, 4) is 0 Å². The van der Waals surface area contributed by atoms with Crippen molar-refractivity contribution in [3.05, 3.63) is 0 Å². The van der Waals surface area contributed by atoms with E-state index in [1.54, 1.807) is 0 Å². The second-order valence-corrected chi connectivity index (χ2v) is 5.65. The van der Waals surface area contributed by atoms with E-state index in [1.807, 2.05) is 0 Å². The van der Waals surface area contributed by atoms with Crippen LogP contribution in [0.5, 0.6) is 0 Å². The highest BCUT2D eigenvalue weighted by molar-refractivity contribution is 5.66. The van der Waals surface area contributed by atoms with Gasteiger partial charge in [0.15, 0.2) is 0 Å². The van der Waals surface area contributed by atoms with Crippen molar-refractivity contribution >= 4 is 5.97 Å². The van der Waals surface area contributed by atoms with Crippen LogP contribution in [0.25, 0.3) is 0 Å². The van der Waals surface area contributed by atoms with Gasteiger partial charge < -0.3 is 9.84 Å². The highest BCUT2D eigenvalue weighted by atomic mass is 16.5. The maximum atomic E-state index is 10.3. The summed E-state index contributed by atoms with van der Waals surface area (Å²) in [7, 11) is 0. The van der Waals surface area contributed by atoms with Gasteiger partial charge in [-0.3, -0.25) is 4.79 Å². The molecule has 3 nitrogen and oxygen atoms in total. The third-order valence-corrected chi connectivity index (χ3v) is 3.60. The van der Waals surface area contributed by atoms with Gasteiger partial charge >= 0.3 is 5.97 Å². The number of hydrogen-bond acceptors (Lipinski definition) is 2. The van der Waals surface area contributed by atoms with Crippen LogP contribution in [-0.2, 0) is 9.53 Å². The normalized spacial score (nSPS) is 10.8. The van der Waals surface area contributed by atoms with Gasteiger partial charge in [0.2, 0.25) is 0 Å². The molecule has 1 N–H and O–H groups in total. The minimum absolute atomic E-state index is 0.123. The number of carboxylic acid groups (broad SMARTS) is 1. The number of carbonyl (C=O) groups is 1. The molecule has 20 heavy (non-hydrogen) atoms. The monoisotopic (exact) mass is 286 g/mol. The first kappa shape index (κ1) is 19.4. The average molecular weight is 286 g/mol. The number of rotatable bonds is 16. The standard InChI is InChI=1S/C17H34O3/c1-2-3-4-5-6-7-8-9-10-11-12-13-15-20-16-14-17(18)19/h2-16H2,1H3,(H,18,19). The number of aliphatic carboxylic acids is 1. The molecule has 0 radical (unpaired) electrons. The third kappa shape index (κ3) is 17.4. The summed E-state index contributed by atoms with van der Waals surface area (Å²) in [6.45, 7) is 3.33. The summed E-state index contributed by atoms with van der Waals surface area (Å²) in [6, 6.07) is 0. The molecule has 0 bridgehead atoms. The maximum absolute atomic E-state index is 10.3. The van der Waals surface area contributed by atoms with Crippen molar-refractivity contribution in [2.45, 2.75) is 90.4 Å². The van der Waals surface area contributed by atoms with E-state index in [0.717, 1.165) is 6.42 Å². The lowest BCUT2D eigenvalue weighted by molar-refractivity contribution is -0.138. The molecule has 0 aromatic rings. The molecule has 120 valence electrons. The lowest BCUT2D eigenvalue weighted by atomic mass is 10.1. The van der Waals surface area contributed by atoms with Crippen LogP contribution in [0.3, 0.4) is 0 Å². The number of carboxylic acids is 1. The molecule has 0 aromatic carbocycles. The van der Waals surface area contributed by atoms with E-state index in [1.165, 1.54) is 70.6 Å². The van der Waals surface area contributed by atoms with E-state index in [2.05, 4.69) is 6.92 Å². The van der Waals surface area contributed by atoms with Crippen molar-refractivity contribution in [2.75, 3.05) is 13.2 Å². The van der Waals surface area contributed by atoms with Gasteiger partial charge in [-0.1, -0.05) is 77.6 Å². The zero-order chi connectivity index (χ0) is 14.9. The average Bonchev–Trinajstić information content (AvgIpc) is 2.43. The highest BCUT2D eigenvalue weighted by Gasteiger charge is 1.96. The van der Waals surface area contributed by atoms with Gasteiger partial charge in [0, 0.05) is 6.61 Å². The lowest BCUT2D eigenvalue weighted by Crippen LogP contribution is -2.03. The van der Waals surface area contributed by atoms with Crippen LogP contribution in [0.2, 0.25) is 0 Å². The highest BCUT2D eigenvalue weighted by Crippen LogP contribution is 2.11. The molecule has 3 heteroatoms. The fourth-order valence-corrected chi connectivity index (χ4v) is 2.31. The Labute approximate surface area is 125 Å². The van der Waals surface area contributed by atoms with Crippen LogP contribution in [0.15, 0.2) is 0 Å². The van der Waals surface area contributed by atoms with E-state index in [0.29, 0.717) is 13.2 Å². The predicted molar refractivity (Wildman–Crippen MR) is 84.1 cm³/mol. The van der Waals surface area contributed by atoms with Gasteiger partial charge in [0.25, 0.3) is 0 Å². The van der Waals surface area contributed by atoms with Crippen LogP contribution in [0.4, 0.5) is 0 Å². The zero-order valence-corrected chi connectivity index (χ0v) is 13.4. The summed E-state index contributed by atoms with van der Waals surface area (Å²) < 4.78 is 5.26. The second kappa shape index (κ2) is 16.5. The summed E-state index contributed by atoms with van der Waals surface area (Å²) in [5.74, 6) is -0.778. The predicted octanol–water partition coefficient (Wildman–Crippen LogP) is 5.18. The zero-order valence-electron chi connectivity index (χ0n) is 13.4. The topological polar surface area (TPSA) is 46.5 Å². The Morgan fingerprint density at radius 2 is 1.20 bits per heavy atom. The van der Waals surface area contributed by atoms with Crippen LogP contribution in [-0.4, -0.2) is 24.3 Å². The first-order valence-corrected chi connectivity index (χ1v) is 8.57. The van der Waals surface area contributed by atoms with Crippen molar-refractivity contribution < 1.29 is 14.6 Å². The Hall–Kier alpha value is -0.570. The Bertz CT molecular complexity index is 204. The molecule has 0 aliphatic rings. The SMILES string of the molecule is CCCCCCCCCCCCCCOCCC(=O)O. The van der Waals surface area contributed by atoms with Crippen LogP contribution in [0.1, 0.15) is 90.4 Å². The largest absolute Gasteiger partial charge is 0.481 e. The molecule has 0 aliphatic carbocycles. The van der Waals surface area contributed by atoms with Gasteiger partial charge in [-0.15, -0.1) is 0 Å².